The van der Waals surface area contributed by atoms with Crippen molar-refractivity contribution in [1.29, 1.82) is 0 Å². The van der Waals surface area contributed by atoms with Crippen LogP contribution in [-0.4, -0.2) is 50.6 Å². The summed E-state index contributed by atoms with van der Waals surface area (Å²) in [6.45, 7) is 6.49. The van der Waals surface area contributed by atoms with Crippen molar-refractivity contribution in [3.8, 4) is 5.75 Å². The number of nitrogens with zero attached hydrogens (tertiary/aromatic N) is 1. The summed E-state index contributed by atoms with van der Waals surface area (Å²) in [5.41, 5.74) is 1.57. The summed E-state index contributed by atoms with van der Waals surface area (Å²) < 4.78 is 20.8. The molecule has 0 saturated carbocycles. The highest BCUT2D eigenvalue weighted by Gasteiger charge is 2.43. The molecule has 0 saturated heterocycles. The molecule has 162 valence electrons. The number of ether oxygens (including phenoxy) is 4. The molecule has 1 heterocycles. The maximum Gasteiger partial charge on any atom is 0.336 e. The highest BCUT2D eigenvalue weighted by Crippen LogP contribution is 2.40. The van der Waals surface area contributed by atoms with Crippen LogP contribution >= 0.6 is 0 Å². The van der Waals surface area contributed by atoms with Crippen LogP contribution in [0.5, 0.6) is 5.75 Å². The lowest BCUT2D eigenvalue weighted by Crippen LogP contribution is -2.37. The van der Waals surface area contributed by atoms with Crippen LogP contribution in [-0.2, 0) is 28.6 Å². The lowest BCUT2D eigenvalue weighted by molar-refractivity contribution is -0.146. The fourth-order valence-electron chi connectivity index (χ4n) is 3.37. The Bertz CT molecular complexity index is 855. The highest BCUT2D eigenvalue weighted by atomic mass is 16.5. The van der Waals surface area contributed by atoms with Gasteiger partial charge in [0.15, 0.2) is 0 Å². The molecule has 1 aliphatic heterocycles. The van der Waals surface area contributed by atoms with E-state index >= 15 is 0 Å². The molecule has 2 atom stereocenters. The van der Waals surface area contributed by atoms with E-state index in [1.54, 1.807) is 52.1 Å². The maximum absolute atomic E-state index is 12.9. The summed E-state index contributed by atoms with van der Waals surface area (Å²) in [6, 6.07) is 7.04. The first-order chi connectivity index (χ1) is 14.3. The zero-order valence-corrected chi connectivity index (χ0v) is 17.9. The van der Waals surface area contributed by atoms with Crippen molar-refractivity contribution in [2.24, 2.45) is 10.9 Å². The number of rotatable bonds is 8. The minimum Gasteiger partial charge on any atom is -0.497 e. The monoisotopic (exact) mass is 417 g/mol. The van der Waals surface area contributed by atoms with E-state index in [0.29, 0.717) is 17.0 Å². The van der Waals surface area contributed by atoms with Crippen LogP contribution in [0.1, 0.15) is 39.2 Å². The number of hydrogen-bond donors (Lipinski definition) is 0. The third-order valence-electron chi connectivity index (χ3n) is 4.64. The summed E-state index contributed by atoms with van der Waals surface area (Å²) in [7, 11) is 1.55. The van der Waals surface area contributed by atoms with Crippen LogP contribution in [0, 0.1) is 5.92 Å². The molecule has 0 spiro atoms. The summed E-state index contributed by atoms with van der Waals surface area (Å²) >= 11 is 0. The summed E-state index contributed by atoms with van der Waals surface area (Å²) in [5, 5.41) is 0. The average Bonchev–Trinajstić information content (AvgIpc) is 2.71. The molecule has 8 nitrogen and oxygen atoms in total. The quantitative estimate of drug-likeness (QED) is 0.473. The number of esters is 3. The van der Waals surface area contributed by atoms with Gasteiger partial charge in [-0.15, -0.1) is 0 Å². The van der Waals surface area contributed by atoms with Gasteiger partial charge >= 0.3 is 17.9 Å². The Balaban J connectivity index is 2.67. The van der Waals surface area contributed by atoms with Crippen LogP contribution < -0.4 is 4.74 Å². The fraction of sp³-hybridized carbons (Fsp3) is 0.455. The standard InChI is InChI=1S/C22H27NO7/c1-6-28-21(25)18-13(3)23-17(12-30-14(4)24)20(22(26)29-7-2)19(18)15-8-10-16(27-5)11-9-15/h8-11,18-19H,6-7,12H2,1-5H3. The van der Waals surface area contributed by atoms with Gasteiger partial charge in [0.2, 0.25) is 0 Å². The van der Waals surface area contributed by atoms with E-state index in [9.17, 15) is 14.4 Å². The Morgan fingerprint density at radius 1 is 1.00 bits per heavy atom. The highest BCUT2D eigenvalue weighted by molar-refractivity contribution is 6.07. The van der Waals surface area contributed by atoms with E-state index in [1.807, 2.05) is 0 Å². The Hall–Kier alpha value is -3.16. The number of carbonyl (C=O) groups is 3. The van der Waals surface area contributed by atoms with Crippen molar-refractivity contribution < 1.29 is 33.3 Å². The third kappa shape index (κ3) is 5.25. The second-order valence-corrected chi connectivity index (χ2v) is 6.59. The predicted octanol–water partition coefficient (Wildman–Crippen LogP) is 2.81. The first kappa shape index (κ1) is 23.1. The molecule has 30 heavy (non-hydrogen) atoms. The number of benzene rings is 1. The summed E-state index contributed by atoms with van der Waals surface area (Å²) in [4.78, 5) is 41.5. The van der Waals surface area contributed by atoms with Crippen molar-refractivity contribution in [3.05, 3.63) is 41.1 Å². The van der Waals surface area contributed by atoms with Gasteiger partial charge in [-0.1, -0.05) is 12.1 Å². The van der Waals surface area contributed by atoms with Crippen LogP contribution in [0.2, 0.25) is 0 Å². The zero-order valence-electron chi connectivity index (χ0n) is 17.9. The van der Waals surface area contributed by atoms with E-state index in [1.165, 1.54) is 6.92 Å². The summed E-state index contributed by atoms with van der Waals surface area (Å²) in [5.74, 6) is -2.52. The van der Waals surface area contributed by atoms with E-state index in [-0.39, 0.29) is 31.1 Å². The van der Waals surface area contributed by atoms with Crippen LogP contribution in [0.25, 0.3) is 0 Å². The van der Waals surface area contributed by atoms with Crippen molar-refractivity contribution in [3.63, 3.8) is 0 Å². The third-order valence-corrected chi connectivity index (χ3v) is 4.64. The Morgan fingerprint density at radius 2 is 1.63 bits per heavy atom. The minimum atomic E-state index is -0.821. The maximum atomic E-state index is 12.9. The van der Waals surface area contributed by atoms with Crippen LogP contribution in [0.15, 0.2) is 40.5 Å². The van der Waals surface area contributed by atoms with Gasteiger partial charge in [0.1, 0.15) is 18.3 Å². The molecule has 2 unspecified atom stereocenters. The molecule has 0 N–H and O–H groups in total. The van der Waals surface area contributed by atoms with Crippen molar-refractivity contribution in [2.75, 3.05) is 26.9 Å². The molecule has 1 aromatic rings. The number of hydrogen-bond acceptors (Lipinski definition) is 8. The molecule has 2 rings (SSSR count). The number of methoxy groups -OCH3 is 1. The Morgan fingerprint density at radius 3 is 2.17 bits per heavy atom. The van der Waals surface area contributed by atoms with E-state index in [2.05, 4.69) is 4.99 Å². The molecule has 8 heteroatoms. The van der Waals surface area contributed by atoms with Gasteiger partial charge in [0, 0.05) is 18.6 Å². The molecular weight excluding hydrogens is 390 g/mol. The lowest BCUT2D eigenvalue weighted by atomic mass is 9.75. The van der Waals surface area contributed by atoms with E-state index < -0.39 is 29.7 Å². The van der Waals surface area contributed by atoms with Gasteiger partial charge in [0.25, 0.3) is 0 Å². The topological polar surface area (TPSA) is 100 Å². The van der Waals surface area contributed by atoms with Crippen molar-refractivity contribution in [1.82, 2.24) is 0 Å². The minimum absolute atomic E-state index is 0.144. The average molecular weight is 417 g/mol. The molecular formula is C22H27NO7. The molecule has 0 radical (unpaired) electrons. The number of aliphatic imine (C=N–C) groups is 1. The predicted molar refractivity (Wildman–Crippen MR) is 109 cm³/mol. The first-order valence-corrected chi connectivity index (χ1v) is 9.73. The van der Waals surface area contributed by atoms with E-state index in [4.69, 9.17) is 18.9 Å². The van der Waals surface area contributed by atoms with Gasteiger partial charge < -0.3 is 18.9 Å². The molecule has 0 bridgehead atoms. The smallest absolute Gasteiger partial charge is 0.336 e. The second-order valence-electron chi connectivity index (χ2n) is 6.59. The zero-order chi connectivity index (χ0) is 22.3. The SMILES string of the molecule is CCOC(=O)C1=C(COC(C)=O)N=C(C)C(C(=O)OCC)C1c1ccc(OC)cc1. The van der Waals surface area contributed by atoms with Gasteiger partial charge in [-0.25, -0.2) is 4.79 Å². The van der Waals surface area contributed by atoms with E-state index in [0.717, 1.165) is 0 Å². The first-order valence-electron chi connectivity index (χ1n) is 9.73. The fourth-order valence-corrected chi connectivity index (χ4v) is 3.37. The molecule has 0 amide bonds. The number of carbonyl (C=O) groups excluding carboxylic acids is 3. The Labute approximate surface area is 175 Å². The van der Waals surface area contributed by atoms with Crippen LogP contribution in [0.4, 0.5) is 0 Å². The molecule has 0 aromatic heterocycles. The van der Waals surface area contributed by atoms with Gasteiger partial charge in [-0.05, 0) is 38.5 Å². The lowest BCUT2D eigenvalue weighted by Gasteiger charge is -2.32. The van der Waals surface area contributed by atoms with Crippen LogP contribution in [0.3, 0.4) is 0 Å². The van der Waals surface area contributed by atoms with Gasteiger partial charge in [-0.2, -0.15) is 0 Å². The summed E-state index contributed by atoms with van der Waals surface area (Å²) in [6.07, 6.45) is 0. The molecule has 1 aliphatic rings. The second kappa shape index (κ2) is 10.6. The normalized spacial score (nSPS) is 18.4. The largest absolute Gasteiger partial charge is 0.497 e. The van der Waals surface area contributed by atoms with Gasteiger partial charge in [0.05, 0.1) is 31.6 Å². The Kier molecular flexibility index (Phi) is 8.15. The van der Waals surface area contributed by atoms with Gasteiger partial charge in [-0.3, -0.25) is 14.6 Å². The molecule has 0 fully saturated rings. The molecule has 0 aliphatic carbocycles. The van der Waals surface area contributed by atoms with Crippen molar-refractivity contribution in [2.45, 2.75) is 33.6 Å². The van der Waals surface area contributed by atoms with Crippen molar-refractivity contribution >= 4 is 23.6 Å². The molecule has 1 aromatic carbocycles.